The first-order valence-corrected chi connectivity index (χ1v) is 4.64. The van der Waals surface area contributed by atoms with E-state index in [1.54, 1.807) is 37.4 Å². The number of aliphatic imine (C=N–C) groups is 2. The molecule has 1 radical (unpaired) electrons. The maximum absolute atomic E-state index is 7.43. The van der Waals surface area contributed by atoms with E-state index in [4.69, 9.17) is 21.3 Å². The van der Waals surface area contributed by atoms with E-state index in [1.165, 1.54) is 24.4 Å². The third kappa shape index (κ3) is 31.5. The molecule has 2 N–H and O–H groups in total. The third-order valence-electron chi connectivity index (χ3n) is 1.01. The van der Waals surface area contributed by atoms with E-state index < -0.39 is 0 Å². The standard InChI is InChI=1S/2C3H4N2.2C2N3.Cu/c2*1-2-5-3-4-1;2*3-1-5-2-4;/h2*1-3H,(H,4,5);;;/q;;2*-1;+2. The van der Waals surface area contributed by atoms with Crippen LogP contribution in [-0.2, 0) is 17.1 Å². The average molecular weight is 332 g/mol. The number of hydrogen-bond acceptors (Lipinski definition) is 6. The van der Waals surface area contributed by atoms with E-state index in [9.17, 15) is 0 Å². The molecule has 2 rings (SSSR count). The minimum absolute atomic E-state index is 0. The Kier molecular flexibility index (Phi) is 27.7. The van der Waals surface area contributed by atoms with Crippen molar-refractivity contribution in [2.75, 3.05) is 0 Å². The summed E-state index contributed by atoms with van der Waals surface area (Å²) >= 11 is 0. The minimum atomic E-state index is 0. The Hall–Kier alpha value is -3.32. The summed E-state index contributed by atoms with van der Waals surface area (Å²) in [5.41, 5.74) is 0. The topological polar surface area (TPSA) is 174 Å². The first-order valence-electron chi connectivity index (χ1n) is 4.64. The van der Waals surface area contributed by atoms with E-state index in [0.29, 0.717) is 0 Å². The molecule has 0 aliphatic carbocycles. The molecule has 0 aliphatic rings. The van der Waals surface area contributed by atoms with Gasteiger partial charge in [-0.2, -0.15) is 10.5 Å². The van der Waals surface area contributed by atoms with E-state index in [2.05, 4.69) is 29.9 Å². The molecule has 0 aliphatic heterocycles. The van der Waals surface area contributed by atoms with Gasteiger partial charge in [-0.25, -0.2) is 9.97 Å². The fourth-order valence-electron chi connectivity index (χ4n) is 0.475. The molecule has 0 atom stereocenters. The van der Waals surface area contributed by atoms with Crippen LogP contribution < -0.4 is 0 Å². The normalized spacial score (nSPS) is 5.62. The molecule has 2 heterocycles. The zero-order valence-corrected chi connectivity index (χ0v) is 11.3. The first-order chi connectivity index (χ1) is 9.83. The van der Waals surface area contributed by atoms with Gasteiger partial charge in [0.1, 0.15) is 0 Å². The Balaban J connectivity index is -0.000000202. The van der Waals surface area contributed by atoms with Crippen molar-refractivity contribution in [2.45, 2.75) is 0 Å². The molecule has 0 spiro atoms. The summed E-state index contributed by atoms with van der Waals surface area (Å²) in [5.74, 6) is 0. The van der Waals surface area contributed by atoms with Crippen molar-refractivity contribution in [3.63, 3.8) is 0 Å². The molecular formula is C10H8CuN10. The van der Waals surface area contributed by atoms with Crippen molar-refractivity contribution < 1.29 is 17.1 Å². The van der Waals surface area contributed by atoms with Crippen LogP contribution in [0.2, 0.25) is 0 Å². The average Bonchev–Trinajstić information content (AvgIpc) is 3.20. The van der Waals surface area contributed by atoms with Crippen molar-refractivity contribution in [1.29, 1.82) is 10.5 Å². The van der Waals surface area contributed by atoms with Crippen molar-refractivity contribution >= 4 is 12.0 Å². The van der Waals surface area contributed by atoms with Gasteiger partial charge in [-0.3, -0.25) is 0 Å². The quantitative estimate of drug-likeness (QED) is 0.419. The molecule has 11 heteroatoms. The molecule has 0 saturated heterocycles. The molecule has 0 fully saturated rings. The van der Waals surface area contributed by atoms with Crippen LogP contribution in [0, 0.1) is 22.9 Å². The second kappa shape index (κ2) is 25.5. The van der Waals surface area contributed by atoms with E-state index in [0.717, 1.165) is 0 Å². The minimum Gasteiger partial charge on any atom is -0.422 e. The van der Waals surface area contributed by atoms with E-state index in [1.807, 2.05) is 0 Å². The zero-order valence-electron chi connectivity index (χ0n) is 10.3. The van der Waals surface area contributed by atoms with Crippen molar-refractivity contribution in [1.82, 2.24) is 19.9 Å². The van der Waals surface area contributed by atoms with Gasteiger partial charge in [0.15, 0.2) is 0 Å². The number of nitrogens with zero attached hydrogens (tertiary/aromatic N) is 8. The number of H-pyrrole nitrogens is 2. The van der Waals surface area contributed by atoms with Crippen LogP contribution in [0.1, 0.15) is 0 Å². The van der Waals surface area contributed by atoms with Crippen LogP contribution >= 0.6 is 0 Å². The molecule has 10 nitrogen and oxygen atoms in total. The van der Waals surface area contributed by atoms with Crippen molar-refractivity contribution in [2.24, 2.45) is 9.98 Å². The summed E-state index contributed by atoms with van der Waals surface area (Å²) < 4.78 is 0. The predicted octanol–water partition coefficient (Wildman–Crippen LogP) is 1.24. The molecule has 21 heavy (non-hydrogen) atoms. The molecule has 2 aromatic heterocycles. The van der Waals surface area contributed by atoms with Crippen LogP contribution in [0.5, 0.6) is 0 Å². The third-order valence-corrected chi connectivity index (χ3v) is 1.01. The first kappa shape index (κ1) is 22.8. The number of nitriles is 2. The van der Waals surface area contributed by atoms with Gasteiger partial charge < -0.3 is 30.8 Å². The molecule has 0 bridgehead atoms. The predicted molar refractivity (Wildman–Crippen MR) is 70.0 cm³/mol. The van der Waals surface area contributed by atoms with Gasteiger partial charge >= 0.3 is 17.1 Å². The van der Waals surface area contributed by atoms with Crippen molar-refractivity contribution in [3.8, 4) is 12.4 Å². The summed E-state index contributed by atoms with van der Waals surface area (Å²) in [7, 11) is 0. The number of hydrogen-bond donors (Lipinski definition) is 2. The fraction of sp³-hybridized carbons (Fsp3) is 0. The number of rotatable bonds is 0. The van der Waals surface area contributed by atoms with Gasteiger partial charge in [0.25, 0.3) is 0 Å². The maximum Gasteiger partial charge on any atom is 2.00 e. The Morgan fingerprint density at radius 1 is 0.857 bits per heavy atom. The second-order valence-electron chi connectivity index (χ2n) is 2.14. The molecule has 0 unspecified atom stereocenters. The van der Waals surface area contributed by atoms with E-state index >= 15 is 0 Å². The molecule has 0 saturated carbocycles. The van der Waals surface area contributed by atoms with E-state index in [-0.39, 0.29) is 17.1 Å². The van der Waals surface area contributed by atoms with Gasteiger partial charge in [-0.1, -0.05) is 0 Å². The van der Waals surface area contributed by atoms with Crippen LogP contribution in [0.3, 0.4) is 0 Å². The smallest absolute Gasteiger partial charge is 0.422 e. The van der Waals surface area contributed by atoms with Crippen molar-refractivity contribution in [3.05, 3.63) is 48.3 Å². The summed E-state index contributed by atoms with van der Waals surface area (Å²) in [6.45, 7) is 0. The van der Waals surface area contributed by atoms with Gasteiger partial charge in [0.05, 0.1) is 25.0 Å². The maximum atomic E-state index is 7.43. The second-order valence-corrected chi connectivity index (χ2v) is 2.14. The number of aromatic amines is 2. The Bertz CT molecular complexity index is 476. The molecular weight excluding hydrogens is 324 g/mol. The monoisotopic (exact) mass is 331 g/mol. The summed E-state index contributed by atoms with van der Waals surface area (Å²) in [6, 6.07) is 2.56. The zero-order chi connectivity index (χ0) is 15.3. The number of imidazole rings is 2. The SMILES string of the molecule is N#CN=C=[N-].N#CN=C=[N-].[Cu+2].c1c[nH]cn1.c1c[nH]cn1. The van der Waals surface area contributed by atoms with Crippen LogP contribution in [0.15, 0.2) is 47.4 Å². The van der Waals surface area contributed by atoms with Crippen LogP contribution in [-0.4, -0.2) is 32.0 Å². The molecule has 0 aromatic carbocycles. The number of aromatic nitrogens is 4. The van der Waals surface area contributed by atoms with Crippen LogP contribution in [0.25, 0.3) is 10.8 Å². The molecule has 109 valence electrons. The Morgan fingerprint density at radius 2 is 1.24 bits per heavy atom. The van der Waals surface area contributed by atoms with Crippen LogP contribution in [0.4, 0.5) is 0 Å². The number of nitrogens with one attached hydrogen (secondary N) is 2. The Labute approximate surface area is 130 Å². The molecule has 0 amide bonds. The van der Waals surface area contributed by atoms with Gasteiger partial charge in [-0.15, -0.1) is 12.0 Å². The molecule has 2 aromatic rings. The van der Waals surface area contributed by atoms with Gasteiger partial charge in [0, 0.05) is 24.8 Å². The summed E-state index contributed by atoms with van der Waals surface area (Å²) in [4.78, 5) is 18.0. The summed E-state index contributed by atoms with van der Waals surface area (Å²) in [5, 5.41) is 29.7. The van der Waals surface area contributed by atoms with Gasteiger partial charge in [-0.05, 0) is 0 Å². The Morgan fingerprint density at radius 3 is 1.29 bits per heavy atom. The largest absolute Gasteiger partial charge is 2.00 e. The summed E-state index contributed by atoms with van der Waals surface area (Å²) in [6.07, 6.45) is 12.7. The fourth-order valence-corrected chi connectivity index (χ4v) is 0.475. The van der Waals surface area contributed by atoms with Gasteiger partial charge in [0.2, 0.25) is 0 Å².